The first-order chi connectivity index (χ1) is 7.15. The second-order valence-corrected chi connectivity index (χ2v) is 4.22. The smallest absolute Gasteiger partial charge is 0.222 e. The lowest BCUT2D eigenvalue weighted by Crippen LogP contribution is -2.46. The van der Waals surface area contributed by atoms with E-state index in [2.05, 4.69) is 5.32 Å². The van der Waals surface area contributed by atoms with E-state index in [4.69, 9.17) is 5.73 Å². The van der Waals surface area contributed by atoms with Crippen molar-refractivity contribution in [3.8, 4) is 0 Å². The van der Waals surface area contributed by atoms with E-state index < -0.39 is 0 Å². The van der Waals surface area contributed by atoms with Crippen LogP contribution in [0.1, 0.15) is 45.4 Å². The summed E-state index contributed by atoms with van der Waals surface area (Å²) in [6.07, 6.45) is 5.16. The highest BCUT2D eigenvalue weighted by Gasteiger charge is 2.30. The first-order valence-corrected chi connectivity index (χ1v) is 5.73. The zero-order valence-electron chi connectivity index (χ0n) is 9.29. The second-order valence-electron chi connectivity index (χ2n) is 4.22. The first kappa shape index (κ1) is 12.0. The number of hydrogen-bond acceptors (Lipinski definition) is 2. The van der Waals surface area contributed by atoms with Crippen LogP contribution in [0.3, 0.4) is 0 Å². The van der Waals surface area contributed by atoms with Crippen molar-refractivity contribution in [3.63, 3.8) is 0 Å². The molecule has 1 aliphatic rings. The van der Waals surface area contributed by atoms with Crippen LogP contribution in [-0.2, 0) is 9.59 Å². The topological polar surface area (TPSA) is 72.2 Å². The average molecular weight is 212 g/mol. The fourth-order valence-electron chi connectivity index (χ4n) is 2.15. The summed E-state index contributed by atoms with van der Waals surface area (Å²) in [4.78, 5) is 22.6. The predicted octanol–water partition coefficient (Wildman–Crippen LogP) is 0.947. The van der Waals surface area contributed by atoms with Crippen molar-refractivity contribution in [1.29, 1.82) is 0 Å². The lowest BCUT2D eigenvalue weighted by molar-refractivity contribution is -0.126. The van der Waals surface area contributed by atoms with E-state index >= 15 is 0 Å². The largest absolute Gasteiger partial charge is 0.369 e. The molecular formula is C11H20N2O2. The van der Waals surface area contributed by atoms with E-state index in [-0.39, 0.29) is 23.8 Å². The third kappa shape index (κ3) is 3.53. The molecule has 1 saturated carbocycles. The summed E-state index contributed by atoms with van der Waals surface area (Å²) in [5.41, 5.74) is 5.32. The molecule has 86 valence electrons. The SMILES string of the molecule is CCCC(=O)N[C@@H]1CCCC[C@H]1C(N)=O. The fraction of sp³-hybridized carbons (Fsp3) is 0.818. The summed E-state index contributed by atoms with van der Waals surface area (Å²) in [5.74, 6) is -0.410. The van der Waals surface area contributed by atoms with E-state index in [9.17, 15) is 9.59 Å². The van der Waals surface area contributed by atoms with Crippen LogP contribution in [0.25, 0.3) is 0 Å². The van der Waals surface area contributed by atoms with Crippen molar-refractivity contribution in [2.24, 2.45) is 11.7 Å². The van der Waals surface area contributed by atoms with Gasteiger partial charge in [0.2, 0.25) is 11.8 Å². The molecule has 1 aliphatic carbocycles. The summed E-state index contributed by atoms with van der Waals surface area (Å²) in [5, 5.41) is 2.91. The van der Waals surface area contributed by atoms with Crippen LogP contribution in [0.2, 0.25) is 0 Å². The number of primary amides is 1. The van der Waals surface area contributed by atoms with Gasteiger partial charge in [-0.25, -0.2) is 0 Å². The molecule has 15 heavy (non-hydrogen) atoms. The Bertz CT molecular complexity index is 241. The van der Waals surface area contributed by atoms with Crippen molar-refractivity contribution < 1.29 is 9.59 Å². The average Bonchev–Trinajstić information content (AvgIpc) is 2.18. The normalized spacial score (nSPS) is 25.9. The second kappa shape index (κ2) is 5.73. The number of hydrogen-bond donors (Lipinski definition) is 2. The van der Waals surface area contributed by atoms with E-state index in [1.54, 1.807) is 0 Å². The highest BCUT2D eigenvalue weighted by atomic mass is 16.2. The Kier molecular flexibility index (Phi) is 4.59. The molecule has 2 amide bonds. The van der Waals surface area contributed by atoms with Crippen LogP contribution in [-0.4, -0.2) is 17.9 Å². The Morgan fingerprint density at radius 1 is 1.33 bits per heavy atom. The molecular weight excluding hydrogens is 192 g/mol. The molecule has 0 radical (unpaired) electrons. The molecule has 0 aliphatic heterocycles. The Labute approximate surface area is 90.6 Å². The van der Waals surface area contributed by atoms with Crippen LogP contribution in [0.5, 0.6) is 0 Å². The van der Waals surface area contributed by atoms with Gasteiger partial charge < -0.3 is 11.1 Å². The summed E-state index contributed by atoms with van der Waals surface area (Å²) in [6, 6.07) is -0.0321. The molecule has 0 aromatic heterocycles. The first-order valence-electron chi connectivity index (χ1n) is 5.73. The summed E-state index contributed by atoms with van der Waals surface area (Å²) in [7, 11) is 0. The standard InChI is InChI=1S/C11H20N2O2/c1-2-5-10(14)13-9-7-4-3-6-8(9)11(12)15/h8-9H,2-7H2,1H3,(H2,12,15)(H,13,14)/t8-,9-/m1/s1. The van der Waals surface area contributed by atoms with E-state index in [0.717, 1.165) is 32.1 Å². The van der Waals surface area contributed by atoms with E-state index in [1.807, 2.05) is 6.92 Å². The van der Waals surface area contributed by atoms with Gasteiger partial charge in [-0.05, 0) is 19.3 Å². The van der Waals surface area contributed by atoms with Crippen molar-refractivity contribution in [2.75, 3.05) is 0 Å². The van der Waals surface area contributed by atoms with Gasteiger partial charge >= 0.3 is 0 Å². The van der Waals surface area contributed by atoms with Gasteiger partial charge in [-0.2, -0.15) is 0 Å². The molecule has 0 saturated heterocycles. The molecule has 4 nitrogen and oxygen atoms in total. The van der Waals surface area contributed by atoms with Gasteiger partial charge in [-0.15, -0.1) is 0 Å². The van der Waals surface area contributed by atoms with Crippen LogP contribution in [0.4, 0.5) is 0 Å². The van der Waals surface area contributed by atoms with Crippen molar-refractivity contribution in [2.45, 2.75) is 51.5 Å². The monoisotopic (exact) mass is 212 g/mol. The van der Waals surface area contributed by atoms with Crippen molar-refractivity contribution in [3.05, 3.63) is 0 Å². The maximum absolute atomic E-state index is 11.4. The van der Waals surface area contributed by atoms with Gasteiger partial charge in [0.15, 0.2) is 0 Å². The lowest BCUT2D eigenvalue weighted by atomic mass is 9.84. The molecule has 0 unspecified atom stereocenters. The molecule has 1 fully saturated rings. The van der Waals surface area contributed by atoms with Crippen LogP contribution >= 0.6 is 0 Å². The number of nitrogens with two attached hydrogens (primary N) is 1. The summed E-state index contributed by atoms with van der Waals surface area (Å²) in [6.45, 7) is 1.96. The van der Waals surface area contributed by atoms with Gasteiger partial charge in [0.1, 0.15) is 0 Å². The molecule has 0 bridgehead atoms. The molecule has 4 heteroatoms. The summed E-state index contributed by atoms with van der Waals surface area (Å²) < 4.78 is 0. The van der Waals surface area contributed by atoms with Crippen LogP contribution in [0.15, 0.2) is 0 Å². The number of nitrogens with one attached hydrogen (secondary N) is 1. The molecule has 3 N–H and O–H groups in total. The maximum Gasteiger partial charge on any atom is 0.222 e. The molecule has 1 rings (SSSR count). The minimum absolute atomic E-state index is 0.0321. The maximum atomic E-state index is 11.4. The van der Waals surface area contributed by atoms with E-state index in [1.165, 1.54) is 0 Å². The minimum Gasteiger partial charge on any atom is -0.369 e. The van der Waals surface area contributed by atoms with Gasteiger partial charge in [0.25, 0.3) is 0 Å². The highest BCUT2D eigenvalue weighted by Crippen LogP contribution is 2.24. The fourth-order valence-corrected chi connectivity index (χ4v) is 2.15. The van der Waals surface area contributed by atoms with Gasteiger partial charge in [0.05, 0.1) is 5.92 Å². The number of amides is 2. The van der Waals surface area contributed by atoms with E-state index in [0.29, 0.717) is 6.42 Å². The molecule has 0 heterocycles. The Morgan fingerprint density at radius 2 is 2.00 bits per heavy atom. The van der Waals surface area contributed by atoms with Crippen LogP contribution < -0.4 is 11.1 Å². The highest BCUT2D eigenvalue weighted by molar-refractivity contribution is 5.80. The molecule has 2 atom stereocenters. The Balaban J connectivity index is 2.49. The van der Waals surface area contributed by atoms with Crippen molar-refractivity contribution in [1.82, 2.24) is 5.32 Å². The molecule has 0 aromatic carbocycles. The summed E-state index contributed by atoms with van der Waals surface area (Å²) >= 11 is 0. The predicted molar refractivity (Wildman–Crippen MR) is 58.0 cm³/mol. The van der Waals surface area contributed by atoms with Crippen LogP contribution in [0, 0.1) is 5.92 Å². The van der Waals surface area contributed by atoms with Gasteiger partial charge in [0, 0.05) is 12.5 Å². The van der Waals surface area contributed by atoms with Crippen molar-refractivity contribution >= 4 is 11.8 Å². The zero-order valence-corrected chi connectivity index (χ0v) is 9.29. The molecule has 0 aromatic rings. The number of carbonyl (C=O) groups excluding carboxylic acids is 2. The number of rotatable bonds is 4. The quantitative estimate of drug-likeness (QED) is 0.728. The third-order valence-electron chi connectivity index (χ3n) is 2.95. The lowest BCUT2D eigenvalue weighted by Gasteiger charge is -2.29. The Hall–Kier alpha value is -1.06. The van der Waals surface area contributed by atoms with Gasteiger partial charge in [-0.3, -0.25) is 9.59 Å². The Morgan fingerprint density at radius 3 is 2.60 bits per heavy atom. The zero-order chi connectivity index (χ0) is 11.3. The number of carbonyl (C=O) groups is 2. The minimum atomic E-state index is -0.281. The molecule has 0 spiro atoms. The third-order valence-corrected chi connectivity index (χ3v) is 2.95. The van der Waals surface area contributed by atoms with Gasteiger partial charge in [-0.1, -0.05) is 19.8 Å².